The van der Waals surface area contributed by atoms with Gasteiger partial charge in [-0.05, 0) is 18.0 Å². The lowest BCUT2D eigenvalue weighted by Gasteiger charge is -2.00. The maximum Gasteiger partial charge on any atom is 0.461 e. The summed E-state index contributed by atoms with van der Waals surface area (Å²) in [5.74, 6) is 0. The number of rotatable bonds is 2. The molecule has 1 aromatic heterocycles. The van der Waals surface area contributed by atoms with E-state index >= 15 is 0 Å². The number of thioether (sulfide) groups is 2. The van der Waals surface area contributed by atoms with Crippen molar-refractivity contribution in [2.24, 2.45) is 0 Å². The first-order valence-corrected chi connectivity index (χ1v) is 5.95. The molecule has 0 amide bonds. The highest BCUT2D eigenvalue weighted by atomic mass is 32.2. The van der Waals surface area contributed by atoms with Crippen LogP contribution in [0.4, 0.5) is 13.2 Å². The van der Waals surface area contributed by atoms with E-state index in [0.29, 0.717) is 4.34 Å². The highest BCUT2D eigenvalue weighted by molar-refractivity contribution is 8.15. The molecule has 0 fully saturated rings. The van der Waals surface area contributed by atoms with Crippen LogP contribution in [0, 0.1) is 0 Å². The van der Waals surface area contributed by atoms with E-state index in [1.165, 1.54) is 11.8 Å². The first-order chi connectivity index (χ1) is 6.43. The fourth-order valence-corrected chi connectivity index (χ4v) is 2.61. The zero-order chi connectivity index (χ0) is 10.8. The molecule has 14 heavy (non-hydrogen) atoms. The zero-order valence-electron chi connectivity index (χ0n) is 6.66. The minimum Gasteiger partial charge on any atom is -0.276 e. The van der Waals surface area contributed by atoms with Crippen molar-refractivity contribution in [2.45, 2.75) is 14.9 Å². The summed E-state index contributed by atoms with van der Waals surface area (Å²) in [7, 11) is 0. The van der Waals surface area contributed by atoms with Crippen LogP contribution in [-0.4, -0.2) is 27.7 Å². The highest BCUT2D eigenvalue weighted by Crippen LogP contribution is 2.32. The average Bonchev–Trinajstić information content (AvgIpc) is 2.50. The van der Waals surface area contributed by atoms with Gasteiger partial charge < -0.3 is 0 Å². The van der Waals surface area contributed by atoms with Gasteiger partial charge >= 0.3 is 6.18 Å². The van der Waals surface area contributed by atoms with Gasteiger partial charge in [0.25, 0.3) is 5.12 Å². The lowest BCUT2D eigenvalue weighted by Crippen LogP contribution is -2.18. The van der Waals surface area contributed by atoms with Crippen molar-refractivity contribution in [3.05, 3.63) is 0 Å². The minimum atomic E-state index is -4.82. The van der Waals surface area contributed by atoms with E-state index in [1.807, 2.05) is 0 Å². The second-order valence-electron chi connectivity index (χ2n) is 1.93. The Morgan fingerprint density at radius 2 is 1.93 bits per heavy atom. The van der Waals surface area contributed by atoms with Crippen LogP contribution in [0.5, 0.6) is 0 Å². The molecule has 1 rings (SSSR count). The van der Waals surface area contributed by atoms with E-state index < -0.39 is 11.3 Å². The number of carbonyl (C=O) groups is 1. The van der Waals surface area contributed by atoms with Gasteiger partial charge in [-0.2, -0.15) is 13.2 Å². The number of alkyl halides is 3. The fourth-order valence-electron chi connectivity index (χ4n) is 0.458. The maximum atomic E-state index is 11.8. The highest BCUT2D eigenvalue weighted by Gasteiger charge is 2.39. The van der Waals surface area contributed by atoms with Gasteiger partial charge in [-0.3, -0.25) is 4.79 Å². The molecular weight excluding hydrogens is 257 g/mol. The van der Waals surface area contributed by atoms with E-state index in [-0.39, 0.29) is 16.1 Å². The van der Waals surface area contributed by atoms with E-state index in [9.17, 15) is 18.0 Å². The molecule has 0 N–H and O–H groups in total. The molecule has 0 saturated heterocycles. The summed E-state index contributed by atoms with van der Waals surface area (Å²) >= 11 is 2.28. The SMILES string of the molecule is CSc1nnc(SC(=O)C(F)(F)F)s1. The normalized spacial score (nSPS) is 11.7. The third-order valence-electron chi connectivity index (χ3n) is 0.974. The predicted octanol–water partition coefficient (Wildman–Crippen LogP) is 2.44. The first-order valence-electron chi connectivity index (χ1n) is 3.10. The Morgan fingerprint density at radius 1 is 1.36 bits per heavy atom. The summed E-state index contributed by atoms with van der Waals surface area (Å²) in [5, 5.41) is 5.12. The molecule has 0 aliphatic heterocycles. The molecule has 0 spiro atoms. The maximum absolute atomic E-state index is 11.8. The van der Waals surface area contributed by atoms with Crippen molar-refractivity contribution in [1.29, 1.82) is 0 Å². The molecule has 0 aliphatic rings. The summed E-state index contributed by atoms with van der Waals surface area (Å²) < 4.78 is 36.0. The summed E-state index contributed by atoms with van der Waals surface area (Å²) in [6, 6.07) is 0. The second kappa shape index (κ2) is 4.49. The number of aromatic nitrogens is 2. The molecule has 1 heterocycles. The Kier molecular flexibility index (Phi) is 3.78. The third-order valence-corrected chi connectivity index (χ3v) is 3.84. The standard InChI is InChI=1S/C5H3F3N2OS3/c1-12-3-9-10-4(14-3)13-2(11)5(6,7)8/h1H3. The number of nitrogens with zero attached hydrogens (tertiary/aromatic N) is 2. The monoisotopic (exact) mass is 260 g/mol. The second-order valence-corrected chi connectivity index (χ2v) is 5.18. The Labute approximate surface area is 89.5 Å². The molecule has 9 heteroatoms. The number of halogens is 3. The third kappa shape index (κ3) is 3.14. The van der Waals surface area contributed by atoms with Crippen LogP contribution >= 0.6 is 34.9 Å². The summed E-state index contributed by atoms with van der Waals surface area (Å²) in [6.45, 7) is 0. The van der Waals surface area contributed by atoms with Crippen LogP contribution in [0.1, 0.15) is 0 Å². The molecule has 0 aliphatic carbocycles. The van der Waals surface area contributed by atoms with Crippen molar-refractivity contribution in [3.63, 3.8) is 0 Å². The number of carbonyl (C=O) groups excluding carboxylic acids is 1. The largest absolute Gasteiger partial charge is 0.461 e. The summed E-state index contributed by atoms with van der Waals surface area (Å²) in [4.78, 5) is 10.5. The first kappa shape index (κ1) is 11.8. The molecule has 0 aromatic carbocycles. The van der Waals surface area contributed by atoms with E-state index in [0.717, 1.165) is 11.3 Å². The topological polar surface area (TPSA) is 42.9 Å². The molecule has 0 unspecified atom stereocenters. The summed E-state index contributed by atoms with van der Waals surface area (Å²) in [6.07, 6.45) is -3.10. The van der Waals surface area contributed by atoms with Crippen molar-refractivity contribution < 1.29 is 18.0 Å². The average molecular weight is 260 g/mol. The number of hydrogen-bond acceptors (Lipinski definition) is 6. The van der Waals surface area contributed by atoms with Gasteiger partial charge in [-0.15, -0.1) is 10.2 Å². The van der Waals surface area contributed by atoms with Crippen molar-refractivity contribution in [2.75, 3.05) is 6.26 Å². The molecule has 3 nitrogen and oxygen atoms in total. The Bertz CT molecular complexity index is 337. The van der Waals surface area contributed by atoms with Crippen LogP contribution in [0.2, 0.25) is 0 Å². The van der Waals surface area contributed by atoms with Gasteiger partial charge in [0.2, 0.25) is 0 Å². The number of hydrogen-bond donors (Lipinski definition) is 0. The van der Waals surface area contributed by atoms with Crippen LogP contribution < -0.4 is 0 Å². The molecular formula is C5H3F3N2OS3. The van der Waals surface area contributed by atoms with Gasteiger partial charge in [0.1, 0.15) is 0 Å². The van der Waals surface area contributed by atoms with Crippen molar-refractivity contribution in [3.8, 4) is 0 Å². The fraction of sp³-hybridized carbons (Fsp3) is 0.400. The van der Waals surface area contributed by atoms with E-state index in [4.69, 9.17) is 0 Å². The molecule has 0 saturated carbocycles. The molecule has 78 valence electrons. The molecule has 1 aromatic rings. The zero-order valence-corrected chi connectivity index (χ0v) is 9.11. The lowest BCUT2D eigenvalue weighted by molar-refractivity contribution is -0.160. The lowest BCUT2D eigenvalue weighted by atomic mass is 10.8. The Hall–Kier alpha value is -0.280. The van der Waals surface area contributed by atoms with Crippen LogP contribution in [0.15, 0.2) is 8.68 Å². The van der Waals surface area contributed by atoms with Crippen molar-refractivity contribution in [1.82, 2.24) is 10.2 Å². The van der Waals surface area contributed by atoms with Crippen LogP contribution in [0.3, 0.4) is 0 Å². The Balaban J connectivity index is 2.65. The molecule has 0 bridgehead atoms. The van der Waals surface area contributed by atoms with Gasteiger partial charge in [-0.25, -0.2) is 0 Å². The van der Waals surface area contributed by atoms with Crippen LogP contribution in [-0.2, 0) is 4.79 Å². The van der Waals surface area contributed by atoms with E-state index in [2.05, 4.69) is 10.2 Å². The quantitative estimate of drug-likeness (QED) is 0.764. The van der Waals surface area contributed by atoms with Gasteiger partial charge in [0, 0.05) is 0 Å². The van der Waals surface area contributed by atoms with Gasteiger partial charge in [0.05, 0.1) is 0 Å². The smallest absolute Gasteiger partial charge is 0.276 e. The van der Waals surface area contributed by atoms with E-state index in [1.54, 1.807) is 6.26 Å². The minimum absolute atomic E-state index is 0.0108. The molecule has 0 radical (unpaired) electrons. The van der Waals surface area contributed by atoms with Gasteiger partial charge in [0.15, 0.2) is 8.68 Å². The Morgan fingerprint density at radius 3 is 2.36 bits per heavy atom. The predicted molar refractivity (Wildman–Crippen MR) is 48.6 cm³/mol. The summed E-state index contributed by atoms with van der Waals surface area (Å²) in [5.41, 5.74) is 0. The molecule has 0 atom stereocenters. The van der Waals surface area contributed by atoms with Crippen LogP contribution in [0.25, 0.3) is 0 Å². The van der Waals surface area contributed by atoms with Crippen molar-refractivity contribution >= 4 is 40.0 Å². The van der Waals surface area contributed by atoms with Gasteiger partial charge in [-0.1, -0.05) is 23.1 Å².